The fraction of sp³-hybridized carbons (Fsp3) is 0.500. The van der Waals surface area contributed by atoms with Gasteiger partial charge in [-0.25, -0.2) is 17.2 Å². The zero-order chi connectivity index (χ0) is 29.0. The summed E-state index contributed by atoms with van der Waals surface area (Å²) in [6, 6.07) is 2.74. The molecule has 6 rings (SSSR count). The number of hydrogen-bond acceptors (Lipinski definition) is 5. The van der Waals surface area contributed by atoms with Crippen LogP contribution in [0.1, 0.15) is 42.6 Å². The largest absolute Gasteiger partial charge is 0.356 e. The molecule has 5 atom stereocenters. The van der Waals surface area contributed by atoms with Crippen LogP contribution >= 0.6 is 11.6 Å². The second-order valence-electron chi connectivity index (χ2n) is 10.7. The van der Waals surface area contributed by atoms with E-state index >= 15 is 8.78 Å². The minimum Gasteiger partial charge on any atom is -0.356 e. The minimum atomic E-state index is -4.27. The summed E-state index contributed by atoms with van der Waals surface area (Å²) in [5.41, 5.74) is 0.552. The molecule has 1 aliphatic carbocycles. The van der Waals surface area contributed by atoms with Gasteiger partial charge in [0.25, 0.3) is 11.8 Å². The van der Waals surface area contributed by atoms with Crippen LogP contribution in [0.15, 0.2) is 35.5 Å². The van der Waals surface area contributed by atoms with Crippen LogP contribution in [0.5, 0.6) is 0 Å². The van der Waals surface area contributed by atoms with Crippen LogP contribution in [0.4, 0.5) is 13.2 Å². The molecule has 0 radical (unpaired) electrons. The van der Waals surface area contributed by atoms with E-state index in [1.165, 1.54) is 6.07 Å². The molecule has 216 valence electrons. The Hall–Kier alpha value is -3.06. The van der Waals surface area contributed by atoms with Crippen LogP contribution in [0.25, 0.3) is 10.9 Å². The highest BCUT2D eigenvalue weighted by atomic mass is 35.5. The SMILES string of the molecule is CS(=O)(=O)/C(F)=C/[C@H](C[C@@H]1CCNC1=O)NC(=O)[C@H]1[C@H]2CC[C@H](CC2(F)F)N1C(=O)c1cc2cccc(Cl)c2[nH]1. The molecule has 14 heteroatoms. The summed E-state index contributed by atoms with van der Waals surface area (Å²) in [6.45, 7) is 0.359. The van der Waals surface area contributed by atoms with E-state index in [-0.39, 0.29) is 30.9 Å². The van der Waals surface area contributed by atoms with Crippen LogP contribution in [-0.4, -0.2) is 72.9 Å². The summed E-state index contributed by atoms with van der Waals surface area (Å²) in [5.74, 6) is -7.37. The van der Waals surface area contributed by atoms with Crippen LogP contribution in [0, 0.1) is 11.8 Å². The van der Waals surface area contributed by atoms with Gasteiger partial charge in [-0.05, 0) is 43.9 Å². The Balaban J connectivity index is 1.48. The van der Waals surface area contributed by atoms with Crippen molar-refractivity contribution in [2.45, 2.75) is 56.2 Å². The fourth-order valence-corrected chi connectivity index (χ4v) is 6.71. The number of carbonyl (C=O) groups is 3. The fourth-order valence-electron chi connectivity index (χ4n) is 6.07. The number of fused-ring (bicyclic) bond motifs is 4. The maximum absolute atomic E-state index is 15.1. The summed E-state index contributed by atoms with van der Waals surface area (Å²) in [7, 11) is -4.27. The summed E-state index contributed by atoms with van der Waals surface area (Å²) in [6.07, 6.45) is 1.19. The van der Waals surface area contributed by atoms with Gasteiger partial charge in [0.1, 0.15) is 11.7 Å². The highest BCUT2D eigenvalue weighted by molar-refractivity contribution is 7.94. The van der Waals surface area contributed by atoms with Gasteiger partial charge in [-0.2, -0.15) is 4.39 Å². The predicted octanol–water partition coefficient (Wildman–Crippen LogP) is 3.32. The smallest absolute Gasteiger partial charge is 0.271 e. The Labute approximate surface area is 233 Å². The molecular formula is C26H28ClF3N4O5S. The number of alkyl halides is 2. The zero-order valence-corrected chi connectivity index (χ0v) is 23.0. The molecule has 0 unspecified atom stereocenters. The van der Waals surface area contributed by atoms with Crippen LogP contribution in [0.3, 0.4) is 0 Å². The summed E-state index contributed by atoms with van der Waals surface area (Å²) < 4.78 is 68.2. The van der Waals surface area contributed by atoms with Crippen molar-refractivity contribution in [3.05, 3.63) is 46.2 Å². The number of piperidine rings is 2. The number of halogens is 4. The molecule has 3 amide bonds. The van der Waals surface area contributed by atoms with Crippen LogP contribution in [-0.2, 0) is 19.4 Å². The van der Waals surface area contributed by atoms with E-state index in [2.05, 4.69) is 15.6 Å². The molecule has 9 nitrogen and oxygen atoms in total. The first-order valence-corrected chi connectivity index (χ1v) is 15.2. The van der Waals surface area contributed by atoms with Gasteiger partial charge in [-0.3, -0.25) is 14.4 Å². The molecule has 4 fully saturated rings. The molecule has 4 heterocycles. The number of nitrogens with zero attached hydrogens (tertiary/aromatic N) is 1. The van der Waals surface area contributed by atoms with Gasteiger partial charge >= 0.3 is 0 Å². The topological polar surface area (TPSA) is 128 Å². The third kappa shape index (κ3) is 5.32. The number of H-pyrrole nitrogens is 1. The van der Waals surface area contributed by atoms with Crippen molar-refractivity contribution in [2.75, 3.05) is 12.8 Å². The highest BCUT2D eigenvalue weighted by Gasteiger charge is 2.60. The number of aromatic amines is 1. The first-order valence-electron chi connectivity index (χ1n) is 12.9. The summed E-state index contributed by atoms with van der Waals surface area (Å²) >= 11 is 6.22. The zero-order valence-electron chi connectivity index (χ0n) is 21.4. The third-order valence-corrected chi connectivity index (χ3v) is 9.15. The van der Waals surface area contributed by atoms with Crippen LogP contribution < -0.4 is 10.6 Å². The van der Waals surface area contributed by atoms with Gasteiger partial charge in [0, 0.05) is 36.6 Å². The molecule has 2 aromatic rings. The van der Waals surface area contributed by atoms with E-state index in [1.54, 1.807) is 18.2 Å². The highest BCUT2D eigenvalue weighted by Crippen LogP contribution is 2.49. The summed E-state index contributed by atoms with van der Waals surface area (Å²) in [5, 5.41) is 4.55. The number of amides is 3. The molecule has 4 aliphatic rings. The summed E-state index contributed by atoms with van der Waals surface area (Å²) in [4.78, 5) is 43.6. The Morgan fingerprint density at radius 2 is 2.02 bits per heavy atom. The van der Waals surface area contributed by atoms with Gasteiger partial charge in [0.2, 0.25) is 26.8 Å². The average molecular weight is 601 g/mol. The molecule has 1 aromatic heterocycles. The molecule has 1 saturated carbocycles. The van der Waals surface area contributed by atoms with Crippen molar-refractivity contribution in [1.82, 2.24) is 20.5 Å². The van der Waals surface area contributed by atoms with E-state index in [0.717, 1.165) is 4.90 Å². The van der Waals surface area contributed by atoms with E-state index < -0.39 is 69.1 Å². The number of rotatable bonds is 7. The van der Waals surface area contributed by atoms with Crippen molar-refractivity contribution in [3.8, 4) is 0 Å². The van der Waals surface area contributed by atoms with E-state index in [4.69, 9.17) is 11.6 Å². The number of para-hydroxylation sites is 1. The minimum absolute atomic E-state index is 0.0126. The lowest BCUT2D eigenvalue weighted by molar-refractivity contribution is -0.179. The number of carbonyl (C=O) groups excluding carboxylic acids is 3. The van der Waals surface area contributed by atoms with Crippen molar-refractivity contribution < 1.29 is 36.0 Å². The first-order chi connectivity index (χ1) is 18.8. The van der Waals surface area contributed by atoms with Gasteiger partial charge in [0.05, 0.1) is 22.5 Å². The predicted molar refractivity (Wildman–Crippen MR) is 141 cm³/mol. The quantitative estimate of drug-likeness (QED) is 0.449. The van der Waals surface area contributed by atoms with E-state index in [9.17, 15) is 27.2 Å². The van der Waals surface area contributed by atoms with Gasteiger partial charge in [-0.1, -0.05) is 23.7 Å². The number of sulfone groups is 1. The first kappa shape index (κ1) is 28.5. The lowest BCUT2D eigenvalue weighted by atomic mass is 9.71. The molecule has 1 aromatic carbocycles. The number of benzene rings is 1. The molecule has 3 aliphatic heterocycles. The monoisotopic (exact) mass is 600 g/mol. The molecule has 40 heavy (non-hydrogen) atoms. The average Bonchev–Trinajstić information content (AvgIpc) is 3.49. The van der Waals surface area contributed by atoms with E-state index in [1.807, 2.05) is 0 Å². The standard InChI is InChI=1S/C26H28ClF3N4O5S/c1-40(38,39)20(28)11-15(9-14-7-8-31-23(14)35)32-24(36)22-17-6-5-16(12-26(17,29)30)34(22)25(37)19-10-13-3-2-4-18(27)21(13)33-19/h2-4,10-11,14-17,22,33H,5-9,12H2,1H3,(H,31,35)(H,32,36)/b20-11+/t14-,15-,16+,17+,22+/m0/s1. The molecular weight excluding hydrogens is 573 g/mol. The van der Waals surface area contributed by atoms with E-state index in [0.29, 0.717) is 41.2 Å². The van der Waals surface area contributed by atoms with Gasteiger partial charge in [-0.15, -0.1) is 0 Å². The van der Waals surface area contributed by atoms with Crippen molar-refractivity contribution >= 4 is 50.1 Å². The second-order valence-corrected chi connectivity index (χ2v) is 13.1. The molecule has 2 bridgehead atoms. The molecule has 0 spiro atoms. The number of aromatic nitrogens is 1. The van der Waals surface area contributed by atoms with Crippen molar-refractivity contribution in [1.29, 1.82) is 0 Å². The number of hydrogen-bond donors (Lipinski definition) is 3. The molecule has 3 N–H and O–H groups in total. The number of nitrogens with one attached hydrogen (secondary N) is 3. The Bertz CT molecular complexity index is 1510. The Morgan fingerprint density at radius 3 is 2.65 bits per heavy atom. The molecule has 3 saturated heterocycles. The second kappa shape index (κ2) is 10.4. The maximum atomic E-state index is 15.1. The van der Waals surface area contributed by atoms with Crippen LogP contribution in [0.2, 0.25) is 5.02 Å². The van der Waals surface area contributed by atoms with Gasteiger partial charge in [0.15, 0.2) is 0 Å². The van der Waals surface area contributed by atoms with Crippen molar-refractivity contribution in [2.24, 2.45) is 11.8 Å². The normalized spacial score (nSPS) is 27.1. The lowest BCUT2D eigenvalue weighted by Crippen LogP contribution is -2.68. The Kier molecular flexibility index (Phi) is 7.40. The third-order valence-electron chi connectivity index (χ3n) is 7.99. The van der Waals surface area contributed by atoms with Gasteiger partial charge < -0.3 is 20.5 Å². The maximum Gasteiger partial charge on any atom is 0.271 e. The Morgan fingerprint density at radius 1 is 1.27 bits per heavy atom. The lowest BCUT2D eigenvalue weighted by Gasteiger charge is -2.53. The van der Waals surface area contributed by atoms with Crippen molar-refractivity contribution in [3.63, 3.8) is 0 Å².